The van der Waals surface area contributed by atoms with E-state index in [1.54, 1.807) is 6.92 Å². The Morgan fingerprint density at radius 2 is 2.39 bits per heavy atom. The molecule has 0 saturated carbocycles. The van der Waals surface area contributed by atoms with E-state index in [1.165, 1.54) is 17.8 Å². The van der Waals surface area contributed by atoms with Gasteiger partial charge >= 0.3 is 14.1 Å². The number of hydrogen-bond donors (Lipinski definition) is 3. The van der Waals surface area contributed by atoms with Gasteiger partial charge in [-0.1, -0.05) is 11.0 Å². The maximum atomic E-state index is 12.2. The number of carbonyl (C=O) groups is 1. The molecule has 3 rings (SSSR count). The molecular formula is C17H21ClN6O6P+. The molecule has 2 aromatic heterocycles. The summed E-state index contributed by atoms with van der Waals surface area (Å²) in [4.78, 5) is 23.7. The van der Waals surface area contributed by atoms with Crippen LogP contribution in [0.25, 0.3) is 11.2 Å². The monoisotopic (exact) mass is 471 g/mol. The van der Waals surface area contributed by atoms with Crippen LogP contribution >= 0.6 is 19.8 Å². The zero-order chi connectivity index (χ0) is 22.8. The van der Waals surface area contributed by atoms with Gasteiger partial charge < -0.3 is 20.3 Å². The predicted molar refractivity (Wildman–Crippen MR) is 110 cm³/mol. The van der Waals surface area contributed by atoms with Crippen molar-refractivity contribution < 1.29 is 28.5 Å². The lowest BCUT2D eigenvalue weighted by atomic mass is 9.99. The standard InChI is InChI=1S/C17H21ClN6O6P/c1-4-17(7-29-31(27)23-9(3)15(26)28-5-2)10(25)6-11(30-17)24-8-20-12-13(19)21-16(18)22-14(12)24/h1,8-11,25H,5-7H2,2-3H3,(H,23,27)(H2,19,21,22)/q+1/t9-,10-,11+,17+/m0/s1. The van der Waals surface area contributed by atoms with E-state index in [0.29, 0.717) is 11.2 Å². The number of nitrogen functional groups attached to an aromatic ring is 1. The molecule has 31 heavy (non-hydrogen) atoms. The van der Waals surface area contributed by atoms with E-state index < -0.39 is 44.7 Å². The van der Waals surface area contributed by atoms with E-state index in [2.05, 4.69) is 26.0 Å². The second-order valence-corrected chi connectivity index (χ2v) is 8.06. The van der Waals surface area contributed by atoms with Crippen molar-refractivity contribution in [1.82, 2.24) is 24.6 Å². The Balaban J connectivity index is 1.71. The van der Waals surface area contributed by atoms with E-state index in [0.717, 1.165) is 0 Å². The van der Waals surface area contributed by atoms with Crippen LogP contribution in [0.3, 0.4) is 0 Å². The molecule has 1 fully saturated rings. The van der Waals surface area contributed by atoms with Crippen molar-refractivity contribution in [3.63, 3.8) is 0 Å². The number of terminal acetylenes is 1. The molecule has 0 radical (unpaired) electrons. The van der Waals surface area contributed by atoms with Crippen LogP contribution in [0.1, 0.15) is 26.5 Å². The minimum absolute atomic E-state index is 0.0734. The number of fused-ring (bicyclic) bond motifs is 1. The number of carbonyl (C=O) groups excluding carboxylic acids is 1. The van der Waals surface area contributed by atoms with Gasteiger partial charge in [0.05, 0.1) is 12.9 Å². The lowest BCUT2D eigenvalue weighted by Gasteiger charge is -2.23. The van der Waals surface area contributed by atoms with Crippen LogP contribution in [0.2, 0.25) is 5.28 Å². The highest BCUT2D eigenvalue weighted by Gasteiger charge is 2.50. The van der Waals surface area contributed by atoms with E-state index in [4.69, 9.17) is 37.8 Å². The van der Waals surface area contributed by atoms with Crippen LogP contribution in [0.5, 0.6) is 0 Å². The van der Waals surface area contributed by atoms with Crippen LogP contribution in [0, 0.1) is 12.3 Å². The number of hydrogen-bond acceptors (Lipinski definition) is 10. The average Bonchev–Trinajstić information content (AvgIpc) is 3.28. The number of nitrogens with zero attached hydrogens (tertiary/aromatic N) is 4. The molecule has 1 saturated heterocycles. The second kappa shape index (κ2) is 9.40. The summed E-state index contributed by atoms with van der Waals surface area (Å²) < 4.78 is 29.7. The van der Waals surface area contributed by atoms with E-state index in [9.17, 15) is 14.5 Å². The number of aliphatic hydroxyl groups excluding tert-OH is 1. The van der Waals surface area contributed by atoms with Crippen molar-refractivity contribution in [1.29, 1.82) is 0 Å². The molecule has 166 valence electrons. The zero-order valence-electron chi connectivity index (χ0n) is 16.7. The molecule has 0 aromatic carbocycles. The fourth-order valence-electron chi connectivity index (χ4n) is 3.01. The molecule has 0 aliphatic carbocycles. The van der Waals surface area contributed by atoms with Crippen LogP contribution < -0.4 is 10.8 Å². The van der Waals surface area contributed by atoms with Gasteiger partial charge in [0.25, 0.3) is 0 Å². The molecule has 2 aromatic rings. The molecule has 1 unspecified atom stereocenters. The fourth-order valence-corrected chi connectivity index (χ4v) is 3.99. The summed E-state index contributed by atoms with van der Waals surface area (Å²) in [5.41, 5.74) is 4.84. The van der Waals surface area contributed by atoms with Crippen molar-refractivity contribution in [2.45, 2.75) is 44.2 Å². The number of esters is 1. The zero-order valence-corrected chi connectivity index (χ0v) is 18.3. The first-order valence-corrected chi connectivity index (χ1v) is 10.8. The summed E-state index contributed by atoms with van der Waals surface area (Å²) in [6, 6.07) is -0.861. The topological polar surface area (TPSA) is 164 Å². The summed E-state index contributed by atoms with van der Waals surface area (Å²) in [5.74, 6) is 1.90. The summed E-state index contributed by atoms with van der Waals surface area (Å²) in [7, 11) is -2.49. The maximum Gasteiger partial charge on any atom is 0.613 e. The molecule has 1 aliphatic heterocycles. The second-order valence-electron chi connectivity index (χ2n) is 6.69. The van der Waals surface area contributed by atoms with Crippen LogP contribution in [-0.2, 0) is 23.4 Å². The fraction of sp³-hybridized carbons (Fsp3) is 0.529. The van der Waals surface area contributed by atoms with Crippen LogP contribution in [-0.4, -0.2) is 61.6 Å². The van der Waals surface area contributed by atoms with Crippen LogP contribution in [0.4, 0.5) is 5.82 Å². The number of aliphatic hydroxyl groups is 1. The van der Waals surface area contributed by atoms with Gasteiger partial charge in [0.15, 0.2) is 17.1 Å². The Labute approximate surface area is 183 Å². The van der Waals surface area contributed by atoms with Crippen molar-refractivity contribution in [2.24, 2.45) is 0 Å². The highest BCUT2D eigenvalue weighted by atomic mass is 35.5. The molecule has 1 aliphatic rings. The Kier molecular flexibility index (Phi) is 7.06. The molecule has 0 amide bonds. The number of imidazole rings is 1. The molecule has 14 heteroatoms. The number of aromatic nitrogens is 4. The van der Waals surface area contributed by atoms with Gasteiger partial charge in [0, 0.05) is 6.42 Å². The minimum atomic E-state index is -2.49. The van der Waals surface area contributed by atoms with Gasteiger partial charge in [-0.05, 0) is 30.0 Å². The Morgan fingerprint density at radius 3 is 3.06 bits per heavy atom. The number of ether oxygens (including phenoxy) is 2. The van der Waals surface area contributed by atoms with Crippen molar-refractivity contribution in [3.05, 3.63) is 11.6 Å². The predicted octanol–water partition coefficient (Wildman–Crippen LogP) is 0.929. The summed E-state index contributed by atoms with van der Waals surface area (Å²) in [5, 5.41) is 13.0. The molecule has 3 heterocycles. The largest absolute Gasteiger partial charge is 0.613 e. The number of rotatable bonds is 8. The summed E-state index contributed by atoms with van der Waals surface area (Å²) in [6.07, 6.45) is 5.18. The molecule has 5 atom stereocenters. The number of anilines is 1. The van der Waals surface area contributed by atoms with Crippen molar-refractivity contribution in [3.8, 4) is 12.3 Å². The van der Waals surface area contributed by atoms with Crippen molar-refractivity contribution in [2.75, 3.05) is 18.9 Å². The van der Waals surface area contributed by atoms with Crippen molar-refractivity contribution >= 4 is 42.7 Å². The third-order valence-corrected chi connectivity index (χ3v) is 5.75. The van der Waals surface area contributed by atoms with E-state index >= 15 is 0 Å². The molecule has 0 bridgehead atoms. The molecule has 0 spiro atoms. The normalized spacial score (nSPS) is 24.7. The van der Waals surface area contributed by atoms with Gasteiger partial charge in [-0.2, -0.15) is 9.97 Å². The average molecular weight is 472 g/mol. The Bertz CT molecular complexity index is 1040. The lowest BCUT2D eigenvalue weighted by molar-refractivity contribution is -0.144. The molecule has 4 N–H and O–H groups in total. The Morgan fingerprint density at radius 1 is 1.65 bits per heavy atom. The highest BCUT2D eigenvalue weighted by molar-refractivity contribution is 7.36. The summed E-state index contributed by atoms with van der Waals surface area (Å²) >= 11 is 5.88. The first-order chi connectivity index (χ1) is 14.7. The molecular weight excluding hydrogens is 451 g/mol. The third kappa shape index (κ3) is 4.77. The smallest absolute Gasteiger partial charge is 0.465 e. The van der Waals surface area contributed by atoms with Gasteiger partial charge in [0.1, 0.15) is 30.5 Å². The third-order valence-electron chi connectivity index (χ3n) is 4.62. The van der Waals surface area contributed by atoms with Gasteiger partial charge in [-0.3, -0.25) is 9.36 Å². The van der Waals surface area contributed by atoms with Gasteiger partial charge in [-0.15, -0.1) is 10.9 Å². The quantitative estimate of drug-likeness (QED) is 0.217. The first kappa shape index (κ1) is 23.3. The Hall–Kier alpha value is -2.39. The SMILES string of the molecule is C#C[C@]1(CO[P+](=O)N[C@@H](C)C(=O)OCC)O[C@@H](n2cnc3c(N)nc(Cl)nc32)C[C@@H]1O. The van der Waals surface area contributed by atoms with Crippen LogP contribution in [0.15, 0.2) is 6.33 Å². The number of halogens is 1. The van der Waals surface area contributed by atoms with E-state index in [1.807, 2.05) is 0 Å². The molecule has 12 nitrogen and oxygen atoms in total. The van der Waals surface area contributed by atoms with E-state index in [-0.39, 0.29) is 24.1 Å². The number of nitrogens with two attached hydrogens (primary N) is 1. The van der Waals surface area contributed by atoms with Gasteiger partial charge in [0.2, 0.25) is 5.28 Å². The lowest BCUT2D eigenvalue weighted by Crippen LogP contribution is -2.42. The van der Waals surface area contributed by atoms with Gasteiger partial charge in [-0.25, -0.2) is 4.98 Å². The number of nitrogens with one attached hydrogen (secondary N) is 1. The first-order valence-electron chi connectivity index (χ1n) is 9.23. The summed E-state index contributed by atoms with van der Waals surface area (Å²) in [6.45, 7) is 2.93. The minimum Gasteiger partial charge on any atom is -0.465 e. The maximum absolute atomic E-state index is 12.2. The highest BCUT2D eigenvalue weighted by Crippen LogP contribution is 2.39.